The van der Waals surface area contributed by atoms with Crippen molar-refractivity contribution in [1.29, 1.82) is 0 Å². The summed E-state index contributed by atoms with van der Waals surface area (Å²) in [5.74, 6) is 0.629. The summed E-state index contributed by atoms with van der Waals surface area (Å²) in [5, 5.41) is 0.849. The number of methoxy groups -OCH3 is 1. The molecule has 0 radical (unpaired) electrons. The SMILES string of the molecule is C=CCOc1cc(/C=C2/N=C(c3cc(Cl)ccc3Cl)OC2=O)ccc1OC. The zero-order valence-corrected chi connectivity index (χ0v) is 15.9. The molecule has 0 aromatic heterocycles. The smallest absolute Gasteiger partial charge is 0.363 e. The first-order valence-electron chi connectivity index (χ1n) is 7.91. The molecular weight excluding hydrogens is 389 g/mol. The second kappa shape index (κ2) is 8.29. The van der Waals surface area contributed by atoms with E-state index in [-0.39, 0.29) is 11.6 Å². The van der Waals surface area contributed by atoms with Crippen LogP contribution < -0.4 is 9.47 Å². The van der Waals surface area contributed by atoms with Gasteiger partial charge in [-0.15, -0.1) is 0 Å². The molecule has 5 nitrogen and oxygen atoms in total. The fraction of sp³-hybridized carbons (Fsp3) is 0.100. The third-order valence-electron chi connectivity index (χ3n) is 3.63. The van der Waals surface area contributed by atoms with Gasteiger partial charge in [0.2, 0.25) is 5.90 Å². The number of aliphatic imine (C=N–C) groups is 1. The Hall–Kier alpha value is -2.76. The summed E-state index contributed by atoms with van der Waals surface area (Å²) >= 11 is 12.1. The average Bonchev–Trinajstić information content (AvgIpc) is 3.02. The number of halogens is 2. The van der Waals surface area contributed by atoms with Gasteiger partial charge in [-0.25, -0.2) is 9.79 Å². The molecule has 0 amide bonds. The summed E-state index contributed by atoms with van der Waals surface area (Å²) in [6.45, 7) is 3.95. The number of carbonyl (C=O) groups excluding carboxylic acids is 1. The number of hydrogen-bond donors (Lipinski definition) is 0. The molecule has 0 atom stereocenters. The Morgan fingerprint density at radius 2 is 2.00 bits per heavy atom. The van der Waals surface area contributed by atoms with Crippen LogP contribution in [0.3, 0.4) is 0 Å². The van der Waals surface area contributed by atoms with E-state index in [2.05, 4.69) is 11.6 Å². The Kier molecular flexibility index (Phi) is 5.84. The summed E-state index contributed by atoms with van der Waals surface area (Å²) < 4.78 is 16.1. The summed E-state index contributed by atoms with van der Waals surface area (Å²) in [6, 6.07) is 10.1. The quantitative estimate of drug-likeness (QED) is 0.390. The maximum Gasteiger partial charge on any atom is 0.363 e. The summed E-state index contributed by atoms with van der Waals surface area (Å²) in [6.07, 6.45) is 3.22. The van der Waals surface area contributed by atoms with Crippen LogP contribution in [0.2, 0.25) is 10.0 Å². The number of carbonyl (C=O) groups is 1. The minimum Gasteiger partial charge on any atom is -0.493 e. The van der Waals surface area contributed by atoms with Crippen molar-refractivity contribution in [2.45, 2.75) is 0 Å². The minimum absolute atomic E-state index is 0.107. The van der Waals surface area contributed by atoms with Gasteiger partial charge < -0.3 is 14.2 Å². The Balaban J connectivity index is 1.94. The molecule has 0 N–H and O–H groups in total. The lowest BCUT2D eigenvalue weighted by Gasteiger charge is -2.09. The van der Waals surface area contributed by atoms with Crippen LogP contribution in [0.1, 0.15) is 11.1 Å². The molecule has 1 aliphatic rings. The lowest BCUT2D eigenvalue weighted by atomic mass is 10.1. The van der Waals surface area contributed by atoms with Crippen LogP contribution in [0, 0.1) is 0 Å². The van der Waals surface area contributed by atoms with Crippen molar-refractivity contribution in [3.05, 3.63) is 75.9 Å². The normalized spacial score (nSPS) is 14.7. The van der Waals surface area contributed by atoms with Crippen LogP contribution >= 0.6 is 23.2 Å². The van der Waals surface area contributed by atoms with Gasteiger partial charge in [0.1, 0.15) is 6.61 Å². The predicted octanol–water partition coefficient (Wildman–Crippen LogP) is 4.91. The molecule has 1 aliphatic heterocycles. The summed E-state index contributed by atoms with van der Waals surface area (Å²) in [5.41, 5.74) is 1.29. The van der Waals surface area contributed by atoms with Crippen LogP contribution in [0.4, 0.5) is 0 Å². The highest BCUT2D eigenvalue weighted by atomic mass is 35.5. The van der Waals surface area contributed by atoms with E-state index in [1.54, 1.807) is 55.7 Å². The maximum absolute atomic E-state index is 12.2. The van der Waals surface area contributed by atoms with Gasteiger partial charge in [0.25, 0.3) is 0 Å². The highest BCUT2D eigenvalue weighted by molar-refractivity contribution is 6.36. The lowest BCUT2D eigenvalue weighted by Crippen LogP contribution is -2.06. The van der Waals surface area contributed by atoms with Gasteiger partial charge >= 0.3 is 5.97 Å². The highest BCUT2D eigenvalue weighted by Crippen LogP contribution is 2.30. The number of rotatable bonds is 6. The van der Waals surface area contributed by atoms with Crippen molar-refractivity contribution < 1.29 is 19.0 Å². The van der Waals surface area contributed by atoms with Gasteiger partial charge in [0, 0.05) is 5.02 Å². The zero-order valence-electron chi connectivity index (χ0n) is 14.4. The summed E-state index contributed by atoms with van der Waals surface area (Å²) in [4.78, 5) is 16.4. The second-order valence-electron chi connectivity index (χ2n) is 5.47. The molecule has 0 saturated carbocycles. The van der Waals surface area contributed by atoms with Gasteiger partial charge in [0.15, 0.2) is 17.2 Å². The van der Waals surface area contributed by atoms with Crippen molar-refractivity contribution in [2.75, 3.05) is 13.7 Å². The molecule has 2 aromatic rings. The van der Waals surface area contributed by atoms with E-state index < -0.39 is 5.97 Å². The van der Waals surface area contributed by atoms with E-state index in [4.69, 9.17) is 37.4 Å². The van der Waals surface area contributed by atoms with Crippen molar-refractivity contribution in [1.82, 2.24) is 0 Å². The predicted molar refractivity (Wildman–Crippen MR) is 106 cm³/mol. The Bertz CT molecular complexity index is 966. The number of nitrogens with zero attached hydrogens (tertiary/aromatic N) is 1. The molecular formula is C20H15Cl2NO4. The molecule has 2 aromatic carbocycles. The Labute approximate surface area is 166 Å². The molecule has 0 aliphatic carbocycles. The van der Waals surface area contributed by atoms with E-state index >= 15 is 0 Å². The molecule has 3 rings (SSSR count). The maximum atomic E-state index is 12.2. The van der Waals surface area contributed by atoms with Gasteiger partial charge in [0.05, 0.1) is 17.7 Å². The fourth-order valence-electron chi connectivity index (χ4n) is 2.39. The van der Waals surface area contributed by atoms with E-state index in [1.165, 1.54) is 0 Å². The van der Waals surface area contributed by atoms with Crippen molar-refractivity contribution in [2.24, 2.45) is 4.99 Å². The molecule has 0 fully saturated rings. The molecule has 0 bridgehead atoms. The number of cyclic esters (lactones) is 1. The first-order valence-corrected chi connectivity index (χ1v) is 8.67. The molecule has 1 heterocycles. The second-order valence-corrected chi connectivity index (χ2v) is 6.31. The molecule has 27 heavy (non-hydrogen) atoms. The third kappa shape index (κ3) is 4.32. The Morgan fingerprint density at radius 1 is 1.19 bits per heavy atom. The topological polar surface area (TPSA) is 57.1 Å². The third-order valence-corrected chi connectivity index (χ3v) is 4.19. The Morgan fingerprint density at radius 3 is 2.74 bits per heavy atom. The fourth-order valence-corrected chi connectivity index (χ4v) is 2.76. The van der Waals surface area contributed by atoms with Crippen molar-refractivity contribution in [3.8, 4) is 11.5 Å². The number of benzene rings is 2. The molecule has 0 unspecified atom stereocenters. The van der Waals surface area contributed by atoms with Gasteiger partial charge in [-0.1, -0.05) is 41.9 Å². The van der Waals surface area contributed by atoms with E-state index in [9.17, 15) is 4.79 Å². The monoisotopic (exact) mass is 403 g/mol. The van der Waals surface area contributed by atoms with Crippen LogP contribution in [-0.4, -0.2) is 25.6 Å². The number of ether oxygens (including phenoxy) is 3. The molecule has 0 spiro atoms. The zero-order chi connectivity index (χ0) is 19.4. The van der Waals surface area contributed by atoms with Crippen LogP contribution in [0.25, 0.3) is 6.08 Å². The first kappa shape index (κ1) is 19.0. The molecule has 7 heteroatoms. The summed E-state index contributed by atoms with van der Waals surface area (Å²) in [7, 11) is 1.55. The van der Waals surface area contributed by atoms with Gasteiger partial charge in [-0.3, -0.25) is 0 Å². The van der Waals surface area contributed by atoms with Crippen LogP contribution in [0.15, 0.2) is 59.7 Å². The lowest BCUT2D eigenvalue weighted by molar-refractivity contribution is -0.129. The van der Waals surface area contributed by atoms with Gasteiger partial charge in [-0.2, -0.15) is 0 Å². The van der Waals surface area contributed by atoms with Gasteiger partial charge in [-0.05, 0) is 42.0 Å². The van der Waals surface area contributed by atoms with E-state index in [1.807, 2.05) is 0 Å². The van der Waals surface area contributed by atoms with Crippen molar-refractivity contribution >= 4 is 41.1 Å². The molecule has 138 valence electrons. The average molecular weight is 404 g/mol. The van der Waals surface area contributed by atoms with E-state index in [0.29, 0.717) is 39.3 Å². The van der Waals surface area contributed by atoms with Crippen LogP contribution in [0.5, 0.6) is 11.5 Å². The van der Waals surface area contributed by atoms with Crippen LogP contribution in [-0.2, 0) is 9.53 Å². The number of esters is 1. The highest BCUT2D eigenvalue weighted by Gasteiger charge is 2.26. The van der Waals surface area contributed by atoms with Crippen molar-refractivity contribution in [3.63, 3.8) is 0 Å². The minimum atomic E-state index is -0.578. The first-order chi connectivity index (χ1) is 13.0. The molecule has 0 saturated heterocycles. The van der Waals surface area contributed by atoms with E-state index in [0.717, 1.165) is 0 Å². The number of hydrogen-bond acceptors (Lipinski definition) is 5. The largest absolute Gasteiger partial charge is 0.493 e. The standard InChI is InChI=1S/C20H15Cl2NO4/c1-3-8-26-18-10-12(4-7-17(18)25-2)9-16-20(24)27-19(23-16)14-11-13(21)5-6-15(14)22/h3-7,9-11H,1,8H2,2H3/b16-9+.